The van der Waals surface area contributed by atoms with Gasteiger partial charge in [-0.15, -0.1) is 0 Å². The lowest BCUT2D eigenvalue weighted by Crippen LogP contribution is -2.36. The molecule has 0 aliphatic carbocycles. The van der Waals surface area contributed by atoms with Gasteiger partial charge in [-0.05, 0) is 36.8 Å². The molecule has 0 aliphatic rings. The Kier molecular flexibility index (Phi) is 6.46. The number of amides is 1. The molecule has 2 aromatic carbocycles. The van der Waals surface area contributed by atoms with E-state index in [0.717, 1.165) is 19.9 Å². The molecule has 0 saturated heterocycles. The van der Waals surface area contributed by atoms with Crippen LogP contribution in [0.15, 0.2) is 63.0 Å². The third-order valence-electron chi connectivity index (χ3n) is 3.33. The molecule has 25 heavy (non-hydrogen) atoms. The highest BCUT2D eigenvalue weighted by molar-refractivity contribution is 9.10. The highest BCUT2D eigenvalue weighted by atomic mass is 79.9. The normalized spacial score (nSPS) is 11.8. The molecule has 0 saturated carbocycles. The van der Waals surface area contributed by atoms with E-state index in [-0.39, 0.29) is 11.4 Å². The van der Waals surface area contributed by atoms with Crippen molar-refractivity contribution in [3.05, 3.63) is 64.1 Å². The maximum absolute atomic E-state index is 12.4. The van der Waals surface area contributed by atoms with Crippen LogP contribution in [0.3, 0.4) is 0 Å². The van der Waals surface area contributed by atoms with E-state index in [0.29, 0.717) is 0 Å². The van der Waals surface area contributed by atoms with Gasteiger partial charge in [-0.25, -0.2) is 13.8 Å². The van der Waals surface area contributed by atoms with Crippen LogP contribution < -0.4 is 5.43 Å². The summed E-state index contributed by atoms with van der Waals surface area (Å²) in [7, 11) is -2.39. The van der Waals surface area contributed by atoms with Gasteiger partial charge in [0.1, 0.15) is 0 Å². The van der Waals surface area contributed by atoms with Gasteiger partial charge in [0, 0.05) is 11.5 Å². The zero-order valence-corrected chi connectivity index (χ0v) is 16.2. The molecule has 0 radical (unpaired) electrons. The quantitative estimate of drug-likeness (QED) is 0.572. The number of nitrogens with zero attached hydrogens (tertiary/aromatic N) is 2. The molecule has 0 fully saturated rings. The average Bonchev–Trinajstić information content (AvgIpc) is 2.55. The number of aryl methyl sites for hydroxylation is 1. The highest BCUT2D eigenvalue weighted by Gasteiger charge is 2.22. The summed E-state index contributed by atoms with van der Waals surface area (Å²) >= 11 is 3.25. The minimum absolute atomic E-state index is 0.120. The lowest BCUT2D eigenvalue weighted by molar-refractivity contribution is -0.121. The predicted molar refractivity (Wildman–Crippen MR) is 101 cm³/mol. The van der Waals surface area contributed by atoms with E-state index < -0.39 is 15.9 Å². The number of hydrazone groups is 1. The van der Waals surface area contributed by atoms with Crippen molar-refractivity contribution in [2.45, 2.75) is 11.8 Å². The summed E-state index contributed by atoms with van der Waals surface area (Å²) in [4.78, 5) is 12.0. The van der Waals surface area contributed by atoms with Crippen LogP contribution in [0.25, 0.3) is 0 Å². The first-order valence-electron chi connectivity index (χ1n) is 7.39. The second-order valence-corrected chi connectivity index (χ2v) is 8.38. The number of nitrogens with one attached hydrogen (secondary N) is 1. The van der Waals surface area contributed by atoms with Gasteiger partial charge in [0.05, 0.1) is 17.7 Å². The number of carbonyl (C=O) groups excluding carboxylic acids is 1. The Labute approximate surface area is 155 Å². The molecule has 0 aliphatic heterocycles. The molecule has 8 heteroatoms. The van der Waals surface area contributed by atoms with Gasteiger partial charge in [-0.3, -0.25) is 4.79 Å². The third-order valence-corrected chi connectivity index (χ3v) is 5.68. The lowest BCUT2D eigenvalue weighted by Gasteiger charge is -2.16. The number of halogens is 1. The smallest absolute Gasteiger partial charge is 0.255 e. The van der Waals surface area contributed by atoms with Gasteiger partial charge in [-0.2, -0.15) is 9.41 Å². The highest BCUT2D eigenvalue weighted by Crippen LogP contribution is 2.17. The fourth-order valence-corrected chi connectivity index (χ4v) is 3.43. The van der Waals surface area contributed by atoms with Crippen LogP contribution in [0.1, 0.15) is 11.1 Å². The Morgan fingerprint density at radius 3 is 2.56 bits per heavy atom. The van der Waals surface area contributed by atoms with Crippen LogP contribution in [-0.4, -0.2) is 38.4 Å². The monoisotopic (exact) mass is 423 g/mol. The number of sulfonamides is 1. The molecular formula is C17H18BrN3O3S. The van der Waals surface area contributed by atoms with Crippen molar-refractivity contribution >= 4 is 38.1 Å². The molecule has 0 unspecified atom stereocenters. The van der Waals surface area contributed by atoms with E-state index in [1.165, 1.54) is 25.4 Å². The van der Waals surface area contributed by atoms with Crippen molar-refractivity contribution in [3.8, 4) is 0 Å². The number of hydrogen-bond acceptors (Lipinski definition) is 4. The first kappa shape index (κ1) is 19.3. The minimum Gasteiger partial charge on any atom is -0.272 e. The zero-order chi connectivity index (χ0) is 18.4. The van der Waals surface area contributed by atoms with Crippen molar-refractivity contribution < 1.29 is 13.2 Å². The Morgan fingerprint density at radius 2 is 1.92 bits per heavy atom. The van der Waals surface area contributed by atoms with E-state index in [9.17, 15) is 13.2 Å². The molecule has 0 spiro atoms. The molecule has 132 valence electrons. The lowest BCUT2D eigenvalue weighted by atomic mass is 10.2. The SMILES string of the molecule is Cc1cccc(/C=N\NC(=O)CN(C)S(=O)(=O)c2ccc(Br)cc2)c1. The van der Waals surface area contributed by atoms with E-state index in [4.69, 9.17) is 0 Å². The first-order valence-corrected chi connectivity index (χ1v) is 9.63. The summed E-state index contributed by atoms with van der Waals surface area (Å²) in [6.07, 6.45) is 1.51. The summed E-state index contributed by atoms with van der Waals surface area (Å²) in [5.41, 5.74) is 4.25. The van der Waals surface area contributed by atoms with Crippen LogP contribution in [0, 0.1) is 6.92 Å². The van der Waals surface area contributed by atoms with E-state index in [1.54, 1.807) is 12.1 Å². The van der Waals surface area contributed by atoms with Crippen LogP contribution in [0.5, 0.6) is 0 Å². The second kappa shape index (κ2) is 8.37. The topological polar surface area (TPSA) is 78.8 Å². The molecule has 0 atom stereocenters. The first-order chi connectivity index (χ1) is 11.8. The number of benzene rings is 2. The molecule has 2 aromatic rings. The fraction of sp³-hybridized carbons (Fsp3) is 0.176. The molecule has 0 heterocycles. The van der Waals surface area contributed by atoms with Crippen LogP contribution in [0.4, 0.5) is 0 Å². The molecule has 1 amide bonds. The molecule has 6 nitrogen and oxygen atoms in total. The summed E-state index contributed by atoms with van der Waals surface area (Å²) in [5.74, 6) is -0.521. The predicted octanol–water partition coefficient (Wildman–Crippen LogP) is 2.53. The van der Waals surface area contributed by atoms with Gasteiger partial charge >= 0.3 is 0 Å². The summed E-state index contributed by atoms with van der Waals surface area (Å²) in [6, 6.07) is 13.8. The molecule has 0 aromatic heterocycles. The van der Waals surface area contributed by atoms with Crippen molar-refractivity contribution in [2.24, 2.45) is 5.10 Å². The van der Waals surface area contributed by atoms with Crippen molar-refractivity contribution in [3.63, 3.8) is 0 Å². The zero-order valence-electron chi connectivity index (χ0n) is 13.8. The molecule has 1 N–H and O–H groups in total. The second-order valence-electron chi connectivity index (χ2n) is 5.42. The maximum atomic E-state index is 12.4. The van der Waals surface area contributed by atoms with Gasteiger partial charge in [0.25, 0.3) is 5.91 Å². The van der Waals surface area contributed by atoms with Gasteiger partial charge in [-0.1, -0.05) is 45.8 Å². The summed E-state index contributed by atoms with van der Waals surface area (Å²) in [5, 5.41) is 3.85. The number of carbonyl (C=O) groups is 1. The van der Waals surface area contributed by atoms with Gasteiger partial charge < -0.3 is 0 Å². The van der Waals surface area contributed by atoms with Crippen molar-refractivity contribution in [1.29, 1.82) is 0 Å². The van der Waals surface area contributed by atoms with Gasteiger partial charge in [0.2, 0.25) is 10.0 Å². The number of likely N-dealkylation sites (N-methyl/N-ethyl adjacent to an activating group) is 1. The summed E-state index contributed by atoms with van der Waals surface area (Å²) < 4.78 is 26.6. The Balaban J connectivity index is 1.96. The van der Waals surface area contributed by atoms with Crippen molar-refractivity contribution in [1.82, 2.24) is 9.73 Å². The fourth-order valence-electron chi connectivity index (χ4n) is 2.04. The Bertz CT molecular complexity index is 880. The Morgan fingerprint density at radius 1 is 1.24 bits per heavy atom. The molecule has 0 bridgehead atoms. The van der Waals surface area contributed by atoms with Crippen LogP contribution in [0.2, 0.25) is 0 Å². The van der Waals surface area contributed by atoms with Crippen LogP contribution >= 0.6 is 15.9 Å². The Hall–Kier alpha value is -2.03. The standard InChI is InChI=1S/C17H18BrN3O3S/c1-13-4-3-5-14(10-13)11-19-20-17(22)12-21(2)25(23,24)16-8-6-15(18)7-9-16/h3-11H,12H2,1-2H3,(H,20,22)/b19-11-. The van der Waals surface area contributed by atoms with Crippen LogP contribution in [-0.2, 0) is 14.8 Å². The molecular weight excluding hydrogens is 406 g/mol. The van der Waals surface area contributed by atoms with E-state index in [2.05, 4.69) is 26.5 Å². The number of hydrogen-bond donors (Lipinski definition) is 1. The van der Waals surface area contributed by atoms with Gasteiger partial charge in [0.15, 0.2) is 0 Å². The van der Waals surface area contributed by atoms with E-state index in [1.807, 2.05) is 31.2 Å². The minimum atomic E-state index is -3.73. The maximum Gasteiger partial charge on any atom is 0.255 e. The summed E-state index contributed by atoms with van der Waals surface area (Å²) in [6.45, 7) is 1.63. The number of rotatable bonds is 6. The average molecular weight is 424 g/mol. The van der Waals surface area contributed by atoms with Crippen molar-refractivity contribution in [2.75, 3.05) is 13.6 Å². The van der Waals surface area contributed by atoms with E-state index >= 15 is 0 Å². The molecule has 2 rings (SSSR count). The third kappa shape index (κ3) is 5.48. The largest absolute Gasteiger partial charge is 0.272 e.